The van der Waals surface area contributed by atoms with Crippen LogP contribution in [0.2, 0.25) is 0 Å². The van der Waals surface area contributed by atoms with E-state index in [1.54, 1.807) is 0 Å². The second-order valence-electron chi connectivity index (χ2n) is 40.0. The summed E-state index contributed by atoms with van der Waals surface area (Å²) in [7, 11) is 0. The van der Waals surface area contributed by atoms with E-state index in [1.807, 2.05) is 0 Å². The van der Waals surface area contributed by atoms with Gasteiger partial charge in [-0.05, 0) is 253 Å². The molecule has 0 spiro atoms. The molecule has 606 valence electrons. The van der Waals surface area contributed by atoms with Gasteiger partial charge in [0.05, 0.1) is 22.4 Å². The molecule has 0 atom stereocenters. The first-order valence-corrected chi connectivity index (χ1v) is 44.3. The zero-order valence-corrected chi connectivity index (χ0v) is 73.9. The van der Waals surface area contributed by atoms with Gasteiger partial charge in [-0.15, -0.1) is 0 Å². The van der Waals surface area contributed by atoms with E-state index in [-0.39, 0.29) is 33.8 Å². The van der Waals surface area contributed by atoms with Crippen LogP contribution >= 0.6 is 0 Å². The van der Waals surface area contributed by atoms with Crippen molar-refractivity contribution >= 4 is 117 Å². The lowest BCUT2D eigenvalue weighted by atomic mass is 9.33. The summed E-state index contributed by atoms with van der Waals surface area (Å²) in [5.74, 6) is 0. The van der Waals surface area contributed by atoms with Crippen LogP contribution in [0.3, 0.4) is 0 Å². The van der Waals surface area contributed by atoms with E-state index in [9.17, 15) is 0 Å². The normalized spacial score (nSPS) is 13.1. The quantitative estimate of drug-likeness (QED) is 0.114. The second-order valence-corrected chi connectivity index (χ2v) is 40.0. The van der Waals surface area contributed by atoms with E-state index in [0.717, 1.165) is 117 Å². The van der Waals surface area contributed by atoms with Crippen LogP contribution in [-0.4, -0.2) is 17.8 Å². The highest BCUT2D eigenvalue weighted by Gasteiger charge is 2.46. The number of hydrogen-bond acceptors (Lipinski definition) is 4. The maximum absolute atomic E-state index is 6.92. The van der Waals surface area contributed by atoms with E-state index in [1.165, 1.54) is 111 Å². The van der Waals surface area contributed by atoms with Crippen molar-refractivity contribution in [3.8, 4) is 83.6 Å². The number of hydrogen-bond donors (Lipinski definition) is 0. The van der Waals surface area contributed by atoms with Gasteiger partial charge in [0.15, 0.2) is 0 Å². The van der Waals surface area contributed by atoms with Crippen LogP contribution in [0.25, 0.3) is 149 Å². The van der Waals surface area contributed by atoms with Gasteiger partial charge in [-0.2, -0.15) is 0 Å². The summed E-state index contributed by atoms with van der Waals surface area (Å²) in [5, 5.41) is 6.90. The number of anilines is 5. The Morgan fingerprint density at radius 3 is 1.15 bits per heavy atom. The fourth-order valence-electron chi connectivity index (χ4n) is 20.0. The highest BCUT2D eigenvalue weighted by Crippen LogP contribution is 2.55. The third-order valence-corrected chi connectivity index (χ3v) is 26.7. The standard InChI is InChI=1S/C118H104BN3O2/c1-114(2,3)81-52-56-100-96(64-81)97-65-82(115(4,5)6)53-57-101(97)121(100)86-71-104-112-105(72-86)122(113-92(75-38-24-18-25-39-75)66-84(117(10,11)12)67-93(113)76-40-26-19-27-41-76)103-70-83(116(7,8)9)51-54-98(103)119(112)99-63-77(80-61-78(73-34-20-16-21-35-73)60-79(62-80)74-36-22-17-23-37-74)50-55-102(99)120(104)59-58-87-94(88-44-32-48-108-110(88)90-42-28-30-46-106(90)123-108)68-85(118(13,14)15)69-95(87)89-45-33-49-109-111(89)91-43-29-31-47-107(91)124-109/h16-57,60-72H,58-59H2,1-15H3. The molecule has 0 amide bonds. The highest BCUT2D eigenvalue weighted by atomic mass is 16.3. The van der Waals surface area contributed by atoms with Gasteiger partial charge in [0.25, 0.3) is 6.71 Å². The minimum atomic E-state index is -0.274. The van der Waals surface area contributed by atoms with Crippen molar-refractivity contribution in [2.75, 3.05) is 16.3 Å². The van der Waals surface area contributed by atoms with Crippen molar-refractivity contribution in [2.45, 2.75) is 137 Å². The van der Waals surface area contributed by atoms with Crippen molar-refractivity contribution in [1.82, 2.24) is 4.57 Å². The minimum absolute atomic E-state index is 0.113. The summed E-state index contributed by atoms with van der Waals surface area (Å²) in [6.07, 6.45) is 0.623. The SMILES string of the molecule is CC(C)(C)c1cc(-c2cccc3oc4ccccc4c23)c(CCN2c3ccc(-c4cc(-c5ccccc5)cc(-c5ccccc5)c4)cc3B3c4ccc(C(C)(C)C)cc4N(c4c(-c5ccccc5)cc(C(C)(C)C)cc4-c4ccccc4)c4cc(-n5c6ccc(C(C)(C)C)cc6c6cc(C(C)(C)C)ccc65)cc2c43)c(-c2cccc3oc4ccccc4c23)c1. The minimum Gasteiger partial charge on any atom is -0.456 e. The summed E-state index contributed by atoms with van der Waals surface area (Å²) < 4.78 is 16.5. The second kappa shape index (κ2) is 29.1. The maximum Gasteiger partial charge on any atom is 0.252 e. The molecule has 0 aliphatic carbocycles. The van der Waals surface area contributed by atoms with Crippen molar-refractivity contribution in [2.24, 2.45) is 0 Å². The van der Waals surface area contributed by atoms with Crippen LogP contribution in [-0.2, 0) is 33.5 Å². The molecule has 0 bridgehead atoms. The molecule has 0 fully saturated rings. The first-order valence-electron chi connectivity index (χ1n) is 44.3. The van der Waals surface area contributed by atoms with Gasteiger partial charge in [0.1, 0.15) is 22.3 Å². The third-order valence-electron chi connectivity index (χ3n) is 26.7. The lowest BCUT2D eigenvalue weighted by Gasteiger charge is -2.46. The summed E-state index contributed by atoms with van der Waals surface area (Å²) in [5.41, 5.74) is 39.3. The molecule has 0 saturated heterocycles. The largest absolute Gasteiger partial charge is 0.456 e. The van der Waals surface area contributed by atoms with Crippen LogP contribution in [0.5, 0.6) is 0 Å². The molecule has 124 heavy (non-hydrogen) atoms. The molecule has 2 aliphatic heterocycles. The summed E-state index contributed by atoms with van der Waals surface area (Å²) >= 11 is 0. The Balaban J connectivity index is 0.919. The third kappa shape index (κ3) is 13.3. The van der Waals surface area contributed by atoms with E-state index < -0.39 is 0 Å². The van der Waals surface area contributed by atoms with Gasteiger partial charge in [-0.25, -0.2) is 0 Å². The zero-order chi connectivity index (χ0) is 85.2. The Labute approximate surface area is 730 Å². The number of benzene rings is 16. The molecule has 21 rings (SSSR count). The van der Waals surface area contributed by atoms with Gasteiger partial charge in [0, 0.05) is 72.7 Å². The van der Waals surface area contributed by atoms with Gasteiger partial charge in [-0.1, -0.05) is 334 Å². The molecule has 5 nitrogen and oxygen atoms in total. The topological polar surface area (TPSA) is 37.7 Å². The molecular formula is C118H104BN3O2. The molecule has 5 heterocycles. The molecule has 19 aromatic rings. The molecular weight excluding hydrogens is 1500 g/mol. The van der Waals surface area contributed by atoms with Crippen molar-refractivity contribution in [3.63, 3.8) is 0 Å². The van der Waals surface area contributed by atoms with E-state index in [4.69, 9.17) is 8.83 Å². The van der Waals surface area contributed by atoms with Crippen LogP contribution in [0.1, 0.15) is 137 Å². The van der Waals surface area contributed by atoms with E-state index in [2.05, 4.69) is 452 Å². The van der Waals surface area contributed by atoms with Crippen LogP contribution in [0, 0.1) is 0 Å². The van der Waals surface area contributed by atoms with Crippen molar-refractivity contribution in [3.05, 3.63) is 367 Å². The average Bonchev–Trinajstić information content (AvgIpc) is 0.863. The van der Waals surface area contributed by atoms with Gasteiger partial charge in [-0.3, -0.25) is 0 Å². The van der Waals surface area contributed by atoms with Crippen LogP contribution in [0.15, 0.2) is 342 Å². The summed E-state index contributed by atoms with van der Waals surface area (Å²) in [6.45, 7) is 35.7. The Hall–Kier alpha value is -13.4. The Kier molecular flexibility index (Phi) is 18.3. The number of furan rings is 2. The van der Waals surface area contributed by atoms with E-state index >= 15 is 0 Å². The Bertz CT molecular complexity index is 7170. The lowest BCUT2D eigenvalue weighted by molar-refractivity contribution is 0.590. The Morgan fingerprint density at radius 1 is 0.266 bits per heavy atom. The predicted molar refractivity (Wildman–Crippen MR) is 530 cm³/mol. The molecule has 0 radical (unpaired) electrons. The number of para-hydroxylation sites is 2. The highest BCUT2D eigenvalue weighted by molar-refractivity contribution is 7.00. The number of rotatable bonds is 12. The first-order chi connectivity index (χ1) is 59.6. The smallest absolute Gasteiger partial charge is 0.252 e. The molecule has 6 heteroatoms. The molecule has 2 aliphatic rings. The average molecular weight is 1610 g/mol. The number of aromatic nitrogens is 1. The summed E-state index contributed by atoms with van der Waals surface area (Å²) in [6, 6.07) is 127. The number of nitrogens with zero attached hydrogens (tertiary/aromatic N) is 3. The molecule has 0 unspecified atom stereocenters. The fourth-order valence-corrected chi connectivity index (χ4v) is 20.0. The lowest BCUT2D eigenvalue weighted by Crippen LogP contribution is -2.62. The van der Waals surface area contributed by atoms with Gasteiger partial charge in [0.2, 0.25) is 0 Å². The van der Waals surface area contributed by atoms with Gasteiger partial charge >= 0.3 is 0 Å². The zero-order valence-electron chi connectivity index (χ0n) is 73.9. The van der Waals surface area contributed by atoms with E-state index in [0.29, 0.717) is 13.0 Å². The maximum atomic E-state index is 6.92. The van der Waals surface area contributed by atoms with Crippen molar-refractivity contribution < 1.29 is 8.83 Å². The van der Waals surface area contributed by atoms with Crippen LogP contribution < -0.4 is 26.2 Å². The molecule has 0 N–H and O–H groups in total. The van der Waals surface area contributed by atoms with Crippen molar-refractivity contribution in [1.29, 1.82) is 0 Å². The summed E-state index contributed by atoms with van der Waals surface area (Å²) in [4.78, 5) is 5.54. The predicted octanol–water partition coefficient (Wildman–Crippen LogP) is 30.7. The van der Waals surface area contributed by atoms with Gasteiger partial charge < -0.3 is 23.2 Å². The first kappa shape index (κ1) is 77.9. The fraction of sp³-hybridized carbons (Fsp3) is 0.186. The molecule has 0 saturated carbocycles. The molecule has 3 aromatic heterocycles. The Morgan fingerprint density at radius 2 is 0.677 bits per heavy atom. The number of fused-ring (bicyclic) bond motifs is 13. The van der Waals surface area contributed by atoms with Crippen LogP contribution in [0.4, 0.5) is 28.4 Å². The monoisotopic (exact) mass is 1610 g/mol. The molecule has 16 aromatic carbocycles.